The molecule has 1 unspecified atom stereocenters. The topological polar surface area (TPSA) is 104 Å². The molecule has 1 atom stereocenters. The third-order valence-electron chi connectivity index (χ3n) is 4.23. The fourth-order valence-electron chi connectivity index (χ4n) is 2.46. The Morgan fingerprint density at radius 1 is 1.19 bits per heavy atom. The van der Waals surface area contributed by atoms with E-state index in [1.807, 2.05) is 13.8 Å². The van der Waals surface area contributed by atoms with Gasteiger partial charge >= 0.3 is 5.97 Å². The molecule has 0 aromatic heterocycles. The second-order valence-electron chi connectivity index (χ2n) is 7.20. The van der Waals surface area contributed by atoms with Crippen LogP contribution in [0.3, 0.4) is 0 Å². The van der Waals surface area contributed by atoms with Gasteiger partial charge in [0.05, 0.1) is 10.8 Å². The number of amides is 1. The van der Waals surface area contributed by atoms with Crippen molar-refractivity contribution in [2.75, 3.05) is 13.1 Å². The molecule has 1 aromatic rings. The highest BCUT2D eigenvalue weighted by Gasteiger charge is 2.35. The van der Waals surface area contributed by atoms with E-state index in [1.165, 1.54) is 24.3 Å². The van der Waals surface area contributed by atoms with Crippen molar-refractivity contribution in [2.45, 2.75) is 44.6 Å². The molecule has 2 N–H and O–H groups in total. The number of hydrogen-bond acceptors (Lipinski definition) is 4. The number of carbonyl (C=O) groups excluding carboxylic acids is 1. The zero-order valence-electron chi connectivity index (χ0n) is 15.3. The van der Waals surface area contributed by atoms with E-state index < -0.39 is 21.9 Å². The molecule has 1 aliphatic rings. The summed E-state index contributed by atoms with van der Waals surface area (Å²) in [4.78, 5) is 25.5. The summed E-state index contributed by atoms with van der Waals surface area (Å²) in [6.07, 6.45) is 1.73. The highest BCUT2D eigenvalue weighted by atomic mass is 32.2. The lowest BCUT2D eigenvalue weighted by molar-refractivity contribution is -0.141. The van der Waals surface area contributed by atoms with Crippen molar-refractivity contribution in [3.63, 3.8) is 0 Å². The fourth-order valence-corrected chi connectivity index (χ4v) is 3.67. The molecule has 0 aliphatic heterocycles. The molecule has 26 heavy (non-hydrogen) atoms. The maximum absolute atomic E-state index is 12.7. The standard InChI is InChI=1S/C18H26N2O5S/c1-12(2)10-19-26(24,25)16-8-4-14(5-9-16)17(21)20(15-6-7-15)11-13(3)18(22)23/h4-5,8-9,12-13,15,19H,6-7,10-11H2,1-3H3,(H,22,23). The van der Waals surface area contributed by atoms with E-state index >= 15 is 0 Å². The first-order valence-electron chi connectivity index (χ1n) is 8.75. The molecule has 1 aromatic carbocycles. The van der Waals surface area contributed by atoms with Gasteiger partial charge in [0.1, 0.15) is 0 Å². The molecule has 7 nitrogen and oxygen atoms in total. The minimum Gasteiger partial charge on any atom is -0.481 e. The van der Waals surface area contributed by atoms with Gasteiger partial charge in [0.2, 0.25) is 10.0 Å². The van der Waals surface area contributed by atoms with Crippen molar-refractivity contribution < 1.29 is 23.1 Å². The molecule has 144 valence electrons. The highest BCUT2D eigenvalue weighted by molar-refractivity contribution is 7.89. The van der Waals surface area contributed by atoms with Gasteiger partial charge in [-0.05, 0) is 43.0 Å². The predicted molar refractivity (Wildman–Crippen MR) is 97.3 cm³/mol. The zero-order valence-corrected chi connectivity index (χ0v) is 16.1. The van der Waals surface area contributed by atoms with Gasteiger partial charge < -0.3 is 10.0 Å². The second kappa shape index (κ2) is 8.18. The highest BCUT2D eigenvalue weighted by Crippen LogP contribution is 2.29. The average Bonchev–Trinajstić information content (AvgIpc) is 3.42. The van der Waals surface area contributed by atoms with Crippen LogP contribution in [-0.2, 0) is 14.8 Å². The second-order valence-corrected chi connectivity index (χ2v) is 8.97. The van der Waals surface area contributed by atoms with Gasteiger partial charge in [0.15, 0.2) is 0 Å². The Kier molecular flexibility index (Phi) is 6.41. The molecule has 1 amide bonds. The van der Waals surface area contributed by atoms with Crippen LogP contribution < -0.4 is 4.72 Å². The minimum atomic E-state index is -3.60. The Labute approximate surface area is 154 Å². The van der Waals surface area contributed by atoms with Crippen LogP contribution in [0.2, 0.25) is 0 Å². The van der Waals surface area contributed by atoms with Crippen LogP contribution in [0.15, 0.2) is 29.2 Å². The number of carbonyl (C=O) groups is 2. The van der Waals surface area contributed by atoms with E-state index in [9.17, 15) is 18.0 Å². The third-order valence-corrected chi connectivity index (χ3v) is 5.67. The van der Waals surface area contributed by atoms with Crippen molar-refractivity contribution in [2.24, 2.45) is 11.8 Å². The van der Waals surface area contributed by atoms with E-state index in [4.69, 9.17) is 5.11 Å². The van der Waals surface area contributed by atoms with Crippen LogP contribution in [-0.4, -0.2) is 49.4 Å². The summed E-state index contributed by atoms with van der Waals surface area (Å²) in [7, 11) is -3.60. The van der Waals surface area contributed by atoms with Gasteiger partial charge in [0, 0.05) is 24.7 Å². The van der Waals surface area contributed by atoms with Crippen molar-refractivity contribution in [1.29, 1.82) is 0 Å². The molecular weight excluding hydrogens is 356 g/mol. The number of benzene rings is 1. The quantitative estimate of drug-likeness (QED) is 0.679. The third kappa shape index (κ3) is 5.28. The lowest BCUT2D eigenvalue weighted by Crippen LogP contribution is -2.38. The molecule has 0 radical (unpaired) electrons. The van der Waals surface area contributed by atoms with Crippen molar-refractivity contribution in [3.8, 4) is 0 Å². The number of carboxylic acids is 1. The number of nitrogens with zero attached hydrogens (tertiary/aromatic N) is 1. The van der Waals surface area contributed by atoms with E-state index in [2.05, 4.69) is 4.72 Å². The number of rotatable bonds is 9. The molecule has 0 saturated heterocycles. The largest absolute Gasteiger partial charge is 0.481 e. The summed E-state index contributed by atoms with van der Waals surface area (Å²) in [5, 5.41) is 9.09. The number of aliphatic carboxylic acids is 1. The molecule has 1 fully saturated rings. The summed E-state index contributed by atoms with van der Waals surface area (Å²) in [5.74, 6) is -1.67. The van der Waals surface area contributed by atoms with Crippen molar-refractivity contribution >= 4 is 21.9 Å². The number of hydrogen-bond donors (Lipinski definition) is 2. The SMILES string of the molecule is CC(C)CNS(=O)(=O)c1ccc(C(=O)N(CC(C)C(=O)O)C2CC2)cc1. The first-order chi connectivity index (χ1) is 12.1. The maximum atomic E-state index is 12.7. The van der Waals surface area contributed by atoms with Gasteiger partial charge in [-0.2, -0.15) is 0 Å². The smallest absolute Gasteiger partial charge is 0.308 e. The van der Waals surface area contributed by atoms with Gasteiger partial charge in [0.25, 0.3) is 5.91 Å². The molecule has 0 spiro atoms. The lowest BCUT2D eigenvalue weighted by Gasteiger charge is -2.24. The summed E-state index contributed by atoms with van der Waals surface area (Å²) in [5.41, 5.74) is 0.359. The maximum Gasteiger partial charge on any atom is 0.308 e. The summed E-state index contributed by atoms with van der Waals surface area (Å²) >= 11 is 0. The zero-order chi connectivity index (χ0) is 19.5. The Bertz CT molecular complexity index is 754. The first kappa shape index (κ1) is 20.4. The number of carboxylic acid groups (broad SMARTS) is 1. The van der Waals surface area contributed by atoms with Crippen LogP contribution >= 0.6 is 0 Å². The van der Waals surface area contributed by atoms with Crippen LogP contribution in [0.4, 0.5) is 0 Å². The molecule has 2 rings (SSSR count). The van der Waals surface area contributed by atoms with Gasteiger partial charge in [-0.1, -0.05) is 20.8 Å². The summed E-state index contributed by atoms with van der Waals surface area (Å²) < 4.78 is 27.0. The van der Waals surface area contributed by atoms with Gasteiger partial charge in [-0.3, -0.25) is 9.59 Å². The minimum absolute atomic E-state index is 0.0698. The van der Waals surface area contributed by atoms with E-state index in [1.54, 1.807) is 11.8 Å². The average molecular weight is 382 g/mol. The van der Waals surface area contributed by atoms with Crippen LogP contribution in [0.25, 0.3) is 0 Å². The van der Waals surface area contributed by atoms with Crippen LogP contribution in [0, 0.1) is 11.8 Å². The van der Waals surface area contributed by atoms with E-state index in [0.29, 0.717) is 12.1 Å². The molecule has 1 saturated carbocycles. The predicted octanol–water partition coefficient (Wildman–Crippen LogP) is 1.95. The molecule has 0 bridgehead atoms. The number of sulfonamides is 1. The Hall–Kier alpha value is -1.93. The molecule has 1 aliphatic carbocycles. The fraction of sp³-hybridized carbons (Fsp3) is 0.556. The monoisotopic (exact) mass is 382 g/mol. The molecular formula is C18H26N2O5S. The summed E-state index contributed by atoms with van der Waals surface area (Å²) in [6, 6.07) is 5.84. The van der Waals surface area contributed by atoms with E-state index in [-0.39, 0.29) is 29.3 Å². The Morgan fingerprint density at radius 3 is 2.23 bits per heavy atom. The number of nitrogens with one attached hydrogen (secondary N) is 1. The van der Waals surface area contributed by atoms with Crippen molar-refractivity contribution in [3.05, 3.63) is 29.8 Å². The molecule has 8 heteroatoms. The lowest BCUT2D eigenvalue weighted by atomic mass is 10.1. The van der Waals surface area contributed by atoms with Gasteiger partial charge in [-0.15, -0.1) is 0 Å². The van der Waals surface area contributed by atoms with Gasteiger partial charge in [-0.25, -0.2) is 13.1 Å². The van der Waals surface area contributed by atoms with E-state index in [0.717, 1.165) is 12.8 Å². The first-order valence-corrected chi connectivity index (χ1v) is 10.2. The molecule has 0 heterocycles. The Balaban J connectivity index is 2.13. The van der Waals surface area contributed by atoms with Crippen LogP contribution in [0.1, 0.15) is 44.0 Å². The Morgan fingerprint density at radius 2 is 1.77 bits per heavy atom. The van der Waals surface area contributed by atoms with Crippen molar-refractivity contribution in [1.82, 2.24) is 9.62 Å². The van der Waals surface area contributed by atoms with Crippen LogP contribution in [0.5, 0.6) is 0 Å². The summed E-state index contributed by atoms with van der Waals surface area (Å²) in [6.45, 7) is 5.88. The normalized spacial score (nSPS) is 15.7.